The van der Waals surface area contributed by atoms with E-state index >= 15 is 0 Å². The Morgan fingerprint density at radius 1 is 1.05 bits per heavy atom. The number of nitrogens with zero attached hydrogens (tertiary/aromatic N) is 3. The molecule has 2 aliphatic rings. The summed E-state index contributed by atoms with van der Waals surface area (Å²) in [6, 6.07) is 18.4. The van der Waals surface area contributed by atoms with E-state index in [1.165, 1.54) is 5.56 Å². The molecule has 2 amide bonds. The highest BCUT2D eigenvalue weighted by atomic mass is 16.5. The van der Waals surface area contributed by atoms with Crippen molar-refractivity contribution < 1.29 is 23.6 Å². The maximum Gasteiger partial charge on any atom is 0.328 e. The molecule has 5 rings (SSSR count). The van der Waals surface area contributed by atoms with Crippen LogP contribution in [0.3, 0.4) is 0 Å². The van der Waals surface area contributed by atoms with Crippen molar-refractivity contribution >= 4 is 17.8 Å². The maximum absolute atomic E-state index is 13.6. The molecule has 0 bridgehead atoms. The Kier molecular flexibility index (Phi) is 7.31. The predicted molar refractivity (Wildman–Crippen MR) is 141 cm³/mol. The third kappa shape index (κ3) is 5.35. The molecule has 0 saturated carbocycles. The van der Waals surface area contributed by atoms with E-state index < -0.39 is 12.0 Å². The lowest BCUT2D eigenvalue weighted by atomic mass is 9.76. The van der Waals surface area contributed by atoms with Crippen molar-refractivity contribution in [2.75, 3.05) is 26.2 Å². The molecule has 2 saturated heterocycles. The summed E-state index contributed by atoms with van der Waals surface area (Å²) in [5.41, 5.74) is 3.33. The molecule has 1 aromatic heterocycles. The number of esters is 1. The van der Waals surface area contributed by atoms with Gasteiger partial charge in [-0.2, -0.15) is 0 Å². The van der Waals surface area contributed by atoms with Crippen LogP contribution < -0.4 is 0 Å². The SMILES string of the molecule is CCOC(=O)C1CC2(CCN(C(=O)Cc3ccc(C)cc3)CC2)CN1C(=O)c1cc(-c2ccccc2)no1. The van der Waals surface area contributed by atoms with E-state index in [2.05, 4.69) is 5.16 Å². The first-order chi connectivity index (χ1) is 18.4. The lowest BCUT2D eigenvalue weighted by Gasteiger charge is -2.39. The Morgan fingerprint density at radius 2 is 1.76 bits per heavy atom. The van der Waals surface area contributed by atoms with Crippen LogP contribution in [-0.4, -0.2) is 65.0 Å². The van der Waals surface area contributed by atoms with Gasteiger partial charge in [0.2, 0.25) is 11.7 Å². The number of benzene rings is 2. The number of likely N-dealkylation sites (tertiary alicyclic amines) is 2. The minimum absolute atomic E-state index is 0.0981. The van der Waals surface area contributed by atoms with Gasteiger partial charge in [0.1, 0.15) is 11.7 Å². The number of aryl methyl sites for hydroxylation is 1. The van der Waals surface area contributed by atoms with Crippen LogP contribution in [-0.2, 0) is 20.7 Å². The van der Waals surface area contributed by atoms with Gasteiger partial charge in [-0.25, -0.2) is 4.79 Å². The Hall–Kier alpha value is -3.94. The number of rotatable bonds is 6. The minimum Gasteiger partial charge on any atom is -0.464 e. The Bertz CT molecular complexity index is 1290. The number of amides is 2. The second kappa shape index (κ2) is 10.8. The molecule has 8 nitrogen and oxygen atoms in total. The first-order valence-corrected chi connectivity index (χ1v) is 13.2. The molecule has 2 fully saturated rings. The predicted octanol–water partition coefficient (Wildman–Crippen LogP) is 4.28. The highest BCUT2D eigenvalue weighted by molar-refractivity contribution is 5.96. The van der Waals surface area contributed by atoms with E-state index in [0.717, 1.165) is 24.0 Å². The third-order valence-electron chi connectivity index (χ3n) is 7.77. The molecule has 8 heteroatoms. The Morgan fingerprint density at radius 3 is 2.45 bits per heavy atom. The number of carbonyl (C=O) groups excluding carboxylic acids is 3. The quantitative estimate of drug-likeness (QED) is 0.455. The highest BCUT2D eigenvalue weighted by Gasteiger charge is 2.51. The van der Waals surface area contributed by atoms with Crippen LogP contribution in [0.5, 0.6) is 0 Å². The number of ether oxygens (including phenoxy) is 1. The second-order valence-corrected chi connectivity index (χ2v) is 10.4. The van der Waals surface area contributed by atoms with Crippen LogP contribution in [0.25, 0.3) is 11.3 Å². The molecule has 38 heavy (non-hydrogen) atoms. The summed E-state index contributed by atoms with van der Waals surface area (Å²) in [6.45, 7) is 5.64. The van der Waals surface area contributed by atoms with Crippen LogP contribution in [0.1, 0.15) is 47.9 Å². The van der Waals surface area contributed by atoms with Crippen LogP contribution in [0.4, 0.5) is 0 Å². The van der Waals surface area contributed by atoms with Crippen molar-refractivity contribution in [3.05, 3.63) is 77.6 Å². The van der Waals surface area contributed by atoms with Crippen molar-refractivity contribution in [2.45, 2.75) is 45.6 Å². The molecular formula is C30H33N3O5. The van der Waals surface area contributed by atoms with E-state index in [-0.39, 0.29) is 29.6 Å². The lowest BCUT2D eigenvalue weighted by molar-refractivity contribution is -0.147. The summed E-state index contributed by atoms with van der Waals surface area (Å²) in [7, 11) is 0. The summed E-state index contributed by atoms with van der Waals surface area (Å²) >= 11 is 0. The molecule has 0 aliphatic carbocycles. The molecule has 1 spiro atoms. The zero-order chi connectivity index (χ0) is 26.7. The van der Waals surface area contributed by atoms with Gasteiger partial charge < -0.3 is 19.1 Å². The van der Waals surface area contributed by atoms with E-state index in [4.69, 9.17) is 9.26 Å². The Balaban J connectivity index is 1.28. The van der Waals surface area contributed by atoms with Crippen molar-refractivity contribution in [3.8, 4) is 11.3 Å². The molecule has 1 unspecified atom stereocenters. The smallest absolute Gasteiger partial charge is 0.328 e. The Labute approximate surface area is 222 Å². The third-order valence-corrected chi connectivity index (χ3v) is 7.77. The summed E-state index contributed by atoms with van der Waals surface area (Å²) in [5.74, 6) is -0.571. The maximum atomic E-state index is 13.6. The average molecular weight is 516 g/mol. The van der Waals surface area contributed by atoms with E-state index in [9.17, 15) is 14.4 Å². The fraction of sp³-hybridized carbons (Fsp3) is 0.400. The fourth-order valence-corrected chi connectivity index (χ4v) is 5.57. The van der Waals surface area contributed by atoms with Gasteiger partial charge in [-0.15, -0.1) is 0 Å². The van der Waals surface area contributed by atoms with Crippen LogP contribution in [0.2, 0.25) is 0 Å². The van der Waals surface area contributed by atoms with Gasteiger partial charge >= 0.3 is 5.97 Å². The topological polar surface area (TPSA) is 93.0 Å². The first kappa shape index (κ1) is 25.7. The van der Waals surface area contributed by atoms with Gasteiger partial charge in [-0.05, 0) is 44.1 Å². The number of carbonyl (C=O) groups is 3. The van der Waals surface area contributed by atoms with E-state index in [1.54, 1.807) is 17.9 Å². The second-order valence-electron chi connectivity index (χ2n) is 10.4. The van der Waals surface area contributed by atoms with Crippen LogP contribution in [0.15, 0.2) is 65.2 Å². The first-order valence-electron chi connectivity index (χ1n) is 13.2. The normalized spacial score (nSPS) is 18.5. The standard InChI is InChI=1S/C30H33N3O5/c1-3-37-29(36)25-19-30(13-15-32(16-14-30)27(34)17-22-11-9-21(2)10-12-22)20-33(25)28(35)26-18-24(31-38-26)23-7-5-4-6-8-23/h4-12,18,25H,3,13-17,19-20H2,1-2H3. The number of piperidine rings is 1. The molecular weight excluding hydrogens is 482 g/mol. The van der Waals surface area contributed by atoms with E-state index in [1.807, 2.05) is 66.4 Å². The molecule has 0 N–H and O–H groups in total. The van der Waals surface area contributed by atoms with Gasteiger partial charge in [0.25, 0.3) is 5.91 Å². The summed E-state index contributed by atoms with van der Waals surface area (Å²) in [6.07, 6.45) is 2.33. The minimum atomic E-state index is -0.692. The molecule has 0 radical (unpaired) electrons. The summed E-state index contributed by atoms with van der Waals surface area (Å²) < 4.78 is 10.8. The van der Waals surface area contributed by atoms with Crippen LogP contribution >= 0.6 is 0 Å². The van der Waals surface area contributed by atoms with Crippen molar-refractivity contribution in [3.63, 3.8) is 0 Å². The number of hydrogen-bond donors (Lipinski definition) is 0. The van der Waals surface area contributed by atoms with Gasteiger partial charge in [-0.3, -0.25) is 9.59 Å². The molecule has 2 aliphatic heterocycles. The molecule has 2 aromatic carbocycles. The molecule has 1 atom stereocenters. The van der Waals surface area contributed by atoms with Crippen molar-refractivity contribution in [1.29, 1.82) is 0 Å². The van der Waals surface area contributed by atoms with Gasteiger partial charge in [0.05, 0.1) is 13.0 Å². The molecule has 3 aromatic rings. The number of aromatic nitrogens is 1. The lowest BCUT2D eigenvalue weighted by Crippen LogP contribution is -2.45. The zero-order valence-corrected chi connectivity index (χ0v) is 21.9. The monoisotopic (exact) mass is 515 g/mol. The van der Waals surface area contributed by atoms with Crippen molar-refractivity contribution in [1.82, 2.24) is 15.0 Å². The van der Waals surface area contributed by atoms with Gasteiger partial charge in [-0.1, -0.05) is 65.3 Å². The van der Waals surface area contributed by atoms with Crippen molar-refractivity contribution in [2.24, 2.45) is 5.41 Å². The van der Waals surface area contributed by atoms with Gasteiger partial charge in [0.15, 0.2) is 0 Å². The molecule has 198 valence electrons. The van der Waals surface area contributed by atoms with Gasteiger partial charge in [0, 0.05) is 31.3 Å². The van der Waals surface area contributed by atoms with Crippen LogP contribution in [0, 0.1) is 12.3 Å². The van der Waals surface area contributed by atoms with E-state index in [0.29, 0.717) is 38.2 Å². The zero-order valence-electron chi connectivity index (χ0n) is 21.9. The number of hydrogen-bond acceptors (Lipinski definition) is 6. The summed E-state index contributed by atoms with van der Waals surface area (Å²) in [4.78, 5) is 42.9. The largest absolute Gasteiger partial charge is 0.464 e. The highest BCUT2D eigenvalue weighted by Crippen LogP contribution is 2.44. The summed E-state index contributed by atoms with van der Waals surface area (Å²) in [5, 5.41) is 4.07. The molecule has 3 heterocycles. The average Bonchev–Trinajstić information content (AvgIpc) is 3.57. The fourth-order valence-electron chi connectivity index (χ4n) is 5.57.